The molecule has 0 bridgehead atoms. The van der Waals surface area contributed by atoms with E-state index >= 15 is 0 Å². The SMILES string of the molecule is CCCCC(Sc1nc2c([nH]c3ccccc32)c(=O)n1-c1ccccc1F)C(=O)O. The fourth-order valence-corrected chi connectivity index (χ4v) is 4.49. The second-order valence-corrected chi connectivity index (χ2v) is 8.14. The Bertz CT molecular complexity index is 1300. The van der Waals surface area contributed by atoms with Crippen molar-refractivity contribution >= 4 is 39.7 Å². The van der Waals surface area contributed by atoms with Gasteiger partial charge in [0.2, 0.25) is 0 Å². The van der Waals surface area contributed by atoms with Crippen LogP contribution in [0.4, 0.5) is 4.39 Å². The number of aromatic amines is 1. The van der Waals surface area contributed by atoms with Gasteiger partial charge in [0, 0.05) is 10.9 Å². The number of para-hydroxylation sites is 2. The van der Waals surface area contributed by atoms with Gasteiger partial charge in [0.25, 0.3) is 5.56 Å². The summed E-state index contributed by atoms with van der Waals surface area (Å²) in [5, 5.41) is 9.80. The van der Waals surface area contributed by atoms with E-state index in [0.29, 0.717) is 11.9 Å². The lowest BCUT2D eigenvalue weighted by molar-refractivity contribution is -0.136. The van der Waals surface area contributed by atoms with E-state index in [1.54, 1.807) is 6.07 Å². The molecule has 2 aromatic heterocycles. The van der Waals surface area contributed by atoms with Crippen LogP contribution in [-0.2, 0) is 4.79 Å². The molecule has 0 saturated carbocycles. The van der Waals surface area contributed by atoms with E-state index in [1.807, 2.05) is 31.2 Å². The standard InChI is InChI=1S/C22H20FN3O3S/c1-2-3-12-17(21(28)29)30-22-25-18-13-8-4-6-10-15(13)24-19(18)20(27)26(22)16-11-7-5-9-14(16)23/h4-11,17,24H,2-3,12H2,1H3,(H,28,29). The molecule has 0 spiro atoms. The van der Waals surface area contributed by atoms with Gasteiger partial charge < -0.3 is 10.1 Å². The second-order valence-electron chi connectivity index (χ2n) is 6.97. The summed E-state index contributed by atoms with van der Waals surface area (Å²) in [5.41, 5.74) is 1.01. The predicted octanol–water partition coefficient (Wildman–Crippen LogP) is 4.74. The zero-order valence-electron chi connectivity index (χ0n) is 16.3. The normalized spacial score (nSPS) is 12.5. The molecule has 2 aromatic carbocycles. The van der Waals surface area contributed by atoms with Crippen LogP contribution in [0.3, 0.4) is 0 Å². The molecule has 8 heteroatoms. The fourth-order valence-electron chi connectivity index (χ4n) is 3.42. The summed E-state index contributed by atoms with van der Waals surface area (Å²) in [6.07, 6.45) is 2.00. The van der Waals surface area contributed by atoms with Crippen LogP contribution in [-0.4, -0.2) is 30.9 Å². The molecule has 6 nitrogen and oxygen atoms in total. The highest BCUT2D eigenvalue weighted by atomic mass is 32.2. The molecule has 0 aliphatic heterocycles. The molecule has 0 amide bonds. The average molecular weight is 425 g/mol. The average Bonchev–Trinajstić information content (AvgIpc) is 3.11. The van der Waals surface area contributed by atoms with E-state index in [1.165, 1.54) is 22.8 Å². The summed E-state index contributed by atoms with van der Waals surface area (Å²) in [7, 11) is 0. The Morgan fingerprint density at radius 2 is 1.97 bits per heavy atom. The first-order chi connectivity index (χ1) is 14.5. The van der Waals surface area contributed by atoms with E-state index in [9.17, 15) is 19.1 Å². The molecule has 0 aliphatic carbocycles. The first kappa shape index (κ1) is 20.2. The minimum Gasteiger partial charge on any atom is -0.480 e. The van der Waals surface area contributed by atoms with Gasteiger partial charge in [-0.05, 0) is 24.6 Å². The number of aromatic nitrogens is 3. The van der Waals surface area contributed by atoms with Crippen molar-refractivity contribution in [2.45, 2.75) is 36.6 Å². The van der Waals surface area contributed by atoms with Gasteiger partial charge in [-0.25, -0.2) is 9.37 Å². The summed E-state index contributed by atoms with van der Waals surface area (Å²) in [5.74, 6) is -1.57. The lowest BCUT2D eigenvalue weighted by Crippen LogP contribution is -2.25. The number of hydrogen-bond acceptors (Lipinski definition) is 4. The van der Waals surface area contributed by atoms with Crippen molar-refractivity contribution in [2.75, 3.05) is 0 Å². The zero-order valence-corrected chi connectivity index (χ0v) is 17.1. The molecule has 154 valence electrons. The highest BCUT2D eigenvalue weighted by molar-refractivity contribution is 8.00. The third kappa shape index (κ3) is 3.59. The molecule has 0 fully saturated rings. The van der Waals surface area contributed by atoms with Crippen molar-refractivity contribution < 1.29 is 14.3 Å². The Morgan fingerprint density at radius 1 is 1.23 bits per heavy atom. The minimum absolute atomic E-state index is 0.0395. The number of unbranched alkanes of at least 4 members (excludes halogenated alkanes) is 1. The number of aliphatic carboxylic acids is 1. The quantitative estimate of drug-likeness (QED) is 0.330. The van der Waals surface area contributed by atoms with E-state index in [0.717, 1.165) is 35.5 Å². The first-order valence-electron chi connectivity index (χ1n) is 9.69. The number of carboxylic acid groups (broad SMARTS) is 1. The van der Waals surface area contributed by atoms with Crippen molar-refractivity contribution in [3.05, 3.63) is 64.7 Å². The molecule has 0 radical (unpaired) electrons. The second kappa shape index (κ2) is 8.31. The number of fused-ring (bicyclic) bond motifs is 3. The third-order valence-electron chi connectivity index (χ3n) is 4.93. The Hall–Kier alpha value is -3.13. The number of nitrogens with one attached hydrogen (secondary N) is 1. The molecular formula is C22H20FN3O3S. The van der Waals surface area contributed by atoms with Gasteiger partial charge in [-0.2, -0.15) is 0 Å². The molecular weight excluding hydrogens is 405 g/mol. The number of thioether (sulfide) groups is 1. The summed E-state index contributed by atoms with van der Waals surface area (Å²) >= 11 is 0.980. The maximum atomic E-state index is 14.6. The minimum atomic E-state index is -0.984. The van der Waals surface area contributed by atoms with Crippen molar-refractivity contribution in [1.82, 2.24) is 14.5 Å². The lowest BCUT2D eigenvalue weighted by Gasteiger charge is -2.16. The lowest BCUT2D eigenvalue weighted by atomic mass is 10.2. The van der Waals surface area contributed by atoms with Gasteiger partial charge in [-0.15, -0.1) is 0 Å². The number of carbonyl (C=O) groups is 1. The molecule has 0 aliphatic rings. The molecule has 30 heavy (non-hydrogen) atoms. The van der Waals surface area contributed by atoms with Crippen molar-refractivity contribution in [3.8, 4) is 5.69 Å². The molecule has 2 N–H and O–H groups in total. The van der Waals surface area contributed by atoms with Crippen LogP contribution in [0, 0.1) is 5.82 Å². The topological polar surface area (TPSA) is 88.0 Å². The van der Waals surface area contributed by atoms with Crippen molar-refractivity contribution in [3.63, 3.8) is 0 Å². The number of rotatable bonds is 7. The number of halogens is 1. The van der Waals surface area contributed by atoms with Gasteiger partial charge in [0.1, 0.15) is 22.1 Å². The van der Waals surface area contributed by atoms with Crippen LogP contribution in [0.2, 0.25) is 0 Å². The van der Waals surface area contributed by atoms with E-state index in [4.69, 9.17) is 0 Å². The van der Waals surface area contributed by atoms with Gasteiger partial charge >= 0.3 is 5.97 Å². The number of H-pyrrole nitrogens is 1. The van der Waals surface area contributed by atoms with E-state index in [2.05, 4.69) is 9.97 Å². The maximum Gasteiger partial charge on any atom is 0.317 e. The maximum absolute atomic E-state index is 14.6. The number of hydrogen-bond donors (Lipinski definition) is 2. The zero-order chi connectivity index (χ0) is 21.3. The highest BCUT2D eigenvalue weighted by Gasteiger charge is 2.25. The Balaban J connectivity index is 1.99. The van der Waals surface area contributed by atoms with Crippen LogP contribution in [0.5, 0.6) is 0 Å². The highest BCUT2D eigenvalue weighted by Crippen LogP contribution is 2.30. The Labute approximate surface area is 175 Å². The van der Waals surface area contributed by atoms with E-state index < -0.39 is 22.6 Å². The summed E-state index contributed by atoms with van der Waals surface area (Å²) in [4.78, 5) is 32.9. The number of nitrogens with zero attached hydrogens (tertiary/aromatic N) is 2. The van der Waals surface area contributed by atoms with Gasteiger partial charge in [-0.1, -0.05) is 61.9 Å². The molecule has 1 atom stereocenters. The van der Waals surface area contributed by atoms with Crippen molar-refractivity contribution in [1.29, 1.82) is 0 Å². The smallest absolute Gasteiger partial charge is 0.317 e. The largest absolute Gasteiger partial charge is 0.480 e. The van der Waals surface area contributed by atoms with Crippen LogP contribution >= 0.6 is 11.8 Å². The first-order valence-corrected chi connectivity index (χ1v) is 10.6. The van der Waals surface area contributed by atoms with Crippen LogP contribution < -0.4 is 5.56 Å². The molecule has 2 heterocycles. The van der Waals surface area contributed by atoms with Gasteiger partial charge in [0.15, 0.2) is 5.16 Å². The molecule has 4 aromatic rings. The fraction of sp³-hybridized carbons (Fsp3) is 0.227. The van der Waals surface area contributed by atoms with E-state index in [-0.39, 0.29) is 16.4 Å². The molecule has 4 rings (SSSR count). The van der Waals surface area contributed by atoms with Crippen molar-refractivity contribution in [2.24, 2.45) is 0 Å². The molecule has 0 saturated heterocycles. The number of carboxylic acids is 1. The summed E-state index contributed by atoms with van der Waals surface area (Å²) < 4.78 is 15.8. The molecule has 1 unspecified atom stereocenters. The van der Waals surface area contributed by atoms with Crippen LogP contribution in [0.15, 0.2) is 58.5 Å². The summed E-state index contributed by atoms with van der Waals surface area (Å²) in [6, 6.07) is 13.3. The monoisotopic (exact) mass is 425 g/mol. The Kier molecular flexibility index (Phi) is 5.59. The number of benzene rings is 2. The predicted molar refractivity (Wildman–Crippen MR) is 116 cm³/mol. The summed E-state index contributed by atoms with van der Waals surface area (Å²) in [6.45, 7) is 1.98. The Morgan fingerprint density at radius 3 is 2.70 bits per heavy atom. The van der Waals surface area contributed by atoms with Crippen LogP contribution in [0.1, 0.15) is 26.2 Å². The van der Waals surface area contributed by atoms with Gasteiger partial charge in [0.05, 0.1) is 5.69 Å². The van der Waals surface area contributed by atoms with Crippen LogP contribution in [0.25, 0.3) is 27.6 Å². The third-order valence-corrected chi connectivity index (χ3v) is 6.14. The van der Waals surface area contributed by atoms with Gasteiger partial charge in [-0.3, -0.25) is 14.2 Å².